The Balaban J connectivity index is 2.98. The summed E-state index contributed by atoms with van der Waals surface area (Å²) in [5, 5.41) is 0. The predicted octanol–water partition coefficient (Wildman–Crippen LogP) is 1.29. The van der Waals surface area contributed by atoms with Crippen molar-refractivity contribution in [1.29, 1.82) is 0 Å². The zero-order chi connectivity index (χ0) is 16.2. The molecule has 0 aliphatic carbocycles. The van der Waals surface area contributed by atoms with Crippen molar-refractivity contribution in [3.05, 3.63) is 23.5 Å². The Morgan fingerprint density at radius 1 is 1.43 bits per heavy atom. The van der Waals surface area contributed by atoms with Crippen molar-refractivity contribution < 1.29 is 22.3 Å². The summed E-state index contributed by atoms with van der Waals surface area (Å²) in [5.74, 6) is -1.18. The molecule has 21 heavy (non-hydrogen) atoms. The molecule has 1 aromatic rings. The predicted molar refractivity (Wildman–Crippen MR) is 76.6 cm³/mol. The zero-order valence-corrected chi connectivity index (χ0v) is 13.0. The van der Waals surface area contributed by atoms with Crippen LogP contribution in [0.2, 0.25) is 0 Å². The van der Waals surface area contributed by atoms with E-state index in [0.29, 0.717) is 0 Å². The molecule has 0 unspecified atom stereocenters. The Bertz CT molecular complexity index is 631. The van der Waals surface area contributed by atoms with Crippen molar-refractivity contribution in [2.75, 3.05) is 25.9 Å². The number of hydrogen-bond donors (Lipinski definition) is 1. The first-order valence-corrected chi connectivity index (χ1v) is 7.81. The fourth-order valence-electron chi connectivity index (χ4n) is 1.71. The van der Waals surface area contributed by atoms with E-state index in [2.05, 4.69) is 0 Å². The number of hydrogen-bond acceptors (Lipinski definition) is 5. The molecule has 6 nitrogen and oxygen atoms in total. The first-order valence-electron chi connectivity index (χ1n) is 6.37. The molecule has 0 radical (unpaired) electrons. The average Bonchev–Trinajstić information content (AvgIpc) is 2.40. The Hall–Kier alpha value is -1.67. The number of carbonyl (C=O) groups excluding carboxylic acids is 1. The van der Waals surface area contributed by atoms with Crippen LogP contribution in [0, 0.1) is 12.7 Å². The van der Waals surface area contributed by atoms with E-state index in [1.54, 1.807) is 6.92 Å². The van der Waals surface area contributed by atoms with Crippen molar-refractivity contribution in [2.24, 2.45) is 0 Å². The number of nitrogen functional groups attached to an aromatic ring is 1. The topological polar surface area (TPSA) is 89.7 Å². The van der Waals surface area contributed by atoms with E-state index in [1.165, 1.54) is 20.0 Å². The Morgan fingerprint density at radius 2 is 2.05 bits per heavy atom. The van der Waals surface area contributed by atoms with Crippen LogP contribution in [-0.4, -0.2) is 38.9 Å². The highest BCUT2D eigenvalue weighted by atomic mass is 32.2. The smallest absolute Gasteiger partial charge is 0.307 e. The summed E-state index contributed by atoms with van der Waals surface area (Å²) in [4.78, 5) is 11.1. The van der Waals surface area contributed by atoms with Gasteiger partial charge in [0.2, 0.25) is 10.0 Å². The van der Waals surface area contributed by atoms with Crippen molar-refractivity contribution in [1.82, 2.24) is 4.31 Å². The molecule has 1 aromatic carbocycles. The number of carbonyl (C=O) groups is 1. The number of esters is 1. The SMILES string of the molecule is CCOC(=O)CCN(C)S(=O)(=O)c1cc(N)cc(F)c1C. The maximum Gasteiger partial charge on any atom is 0.307 e. The van der Waals surface area contributed by atoms with Gasteiger partial charge in [0, 0.05) is 24.8 Å². The monoisotopic (exact) mass is 318 g/mol. The molecule has 118 valence electrons. The van der Waals surface area contributed by atoms with Crippen molar-refractivity contribution >= 4 is 21.7 Å². The van der Waals surface area contributed by atoms with Gasteiger partial charge in [-0.3, -0.25) is 4.79 Å². The molecule has 0 amide bonds. The minimum atomic E-state index is -3.92. The summed E-state index contributed by atoms with van der Waals surface area (Å²) < 4.78 is 44.1. The molecule has 0 heterocycles. The highest BCUT2D eigenvalue weighted by Gasteiger charge is 2.25. The van der Waals surface area contributed by atoms with E-state index >= 15 is 0 Å². The first kappa shape index (κ1) is 17.4. The molecule has 0 aliphatic heterocycles. The van der Waals surface area contributed by atoms with E-state index in [0.717, 1.165) is 10.4 Å². The first-order chi connectivity index (χ1) is 9.70. The van der Waals surface area contributed by atoms with Crippen LogP contribution in [0.25, 0.3) is 0 Å². The quantitative estimate of drug-likeness (QED) is 0.630. The lowest BCUT2D eigenvalue weighted by molar-refractivity contribution is -0.143. The van der Waals surface area contributed by atoms with Gasteiger partial charge < -0.3 is 10.5 Å². The third kappa shape index (κ3) is 4.15. The summed E-state index contributed by atoms with van der Waals surface area (Å²) in [6, 6.07) is 2.27. The lowest BCUT2D eigenvalue weighted by Gasteiger charge is -2.18. The van der Waals surface area contributed by atoms with Crippen LogP contribution in [0.5, 0.6) is 0 Å². The van der Waals surface area contributed by atoms with Crippen LogP contribution in [0.1, 0.15) is 18.9 Å². The zero-order valence-electron chi connectivity index (χ0n) is 12.2. The van der Waals surface area contributed by atoms with Crippen LogP contribution < -0.4 is 5.73 Å². The molecule has 0 aliphatic rings. The summed E-state index contributed by atoms with van der Waals surface area (Å²) in [5.41, 5.74) is 5.51. The lowest BCUT2D eigenvalue weighted by atomic mass is 10.2. The van der Waals surface area contributed by atoms with Gasteiger partial charge in [-0.25, -0.2) is 17.1 Å². The number of anilines is 1. The third-order valence-corrected chi connectivity index (χ3v) is 4.93. The fourth-order valence-corrected chi connectivity index (χ4v) is 3.15. The summed E-state index contributed by atoms with van der Waals surface area (Å²) in [6.45, 7) is 3.20. The number of nitrogens with zero attached hydrogens (tertiary/aromatic N) is 1. The van der Waals surface area contributed by atoms with Crippen LogP contribution in [0.15, 0.2) is 17.0 Å². The molecule has 0 saturated carbocycles. The molecule has 0 bridgehead atoms. The molecular weight excluding hydrogens is 299 g/mol. The number of benzene rings is 1. The molecule has 8 heteroatoms. The van der Waals surface area contributed by atoms with Gasteiger partial charge in [-0.15, -0.1) is 0 Å². The molecule has 0 spiro atoms. The van der Waals surface area contributed by atoms with Gasteiger partial charge in [0.1, 0.15) is 5.82 Å². The third-order valence-electron chi connectivity index (χ3n) is 2.94. The lowest BCUT2D eigenvalue weighted by Crippen LogP contribution is -2.30. The highest BCUT2D eigenvalue weighted by molar-refractivity contribution is 7.89. The number of ether oxygens (including phenoxy) is 1. The van der Waals surface area contributed by atoms with Gasteiger partial charge >= 0.3 is 5.97 Å². The normalized spacial score (nSPS) is 11.7. The largest absolute Gasteiger partial charge is 0.466 e. The van der Waals surface area contributed by atoms with Gasteiger partial charge in [0.05, 0.1) is 17.9 Å². The van der Waals surface area contributed by atoms with Crippen LogP contribution >= 0.6 is 0 Å². The fraction of sp³-hybridized carbons (Fsp3) is 0.462. The minimum Gasteiger partial charge on any atom is -0.466 e. The van der Waals surface area contributed by atoms with Crippen molar-refractivity contribution in [3.63, 3.8) is 0 Å². The standard InChI is InChI=1S/C13H19FN2O4S/c1-4-20-13(17)5-6-16(3)21(18,19)12-8-10(15)7-11(14)9(12)2/h7-8H,4-6,15H2,1-3H3. The maximum absolute atomic E-state index is 13.6. The van der Waals surface area contributed by atoms with Gasteiger partial charge in [0.15, 0.2) is 0 Å². The molecule has 0 fully saturated rings. The summed E-state index contributed by atoms with van der Waals surface area (Å²) in [6.07, 6.45) is -0.0760. The van der Waals surface area contributed by atoms with Gasteiger partial charge in [-0.2, -0.15) is 0 Å². The van der Waals surface area contributed by atoms with E-state index in [4.69, 9.17) is 10.5 Å². The summed E-state index contributed by atoms with van der Waals surface area (Å²) >= 11 is 0. The second kappa shape index (κ2) is 6.86. The number of sulfonamides is 1. The second-order valence-electron chi connectivity index (χ2n) is 4.51. The van der Waals surface area contributed by atoms with Crippen LogP contribution in [0.3, 0.4) is 0 Å². The Morgan fingerprint density at radius 3 is 2.62 bits per heavy atom. The number of rotatable bonds is 6. The average molecular weight is 318 g/mol. The molecule has 0 aromatic heterocycles. The summed E-state index contributed by atoms with van der Waals surface area (Å²) in [7, 11) is -2.61. The maximum atomic E-state index is 13.6. The van der Waals surface area contributed by atoms with E-state index < -0.39 is 21.8 Å². The molecule has 0 saturated heterocycles. The molecule has 0 atom stereocenters. The van der Waals surface area contributed by atoms with E-state index in [9.17, 15) is 17.6 Å². The number of nitrogens with two attached hydrogens (primary N) is 1. The van der Waals surface area contributed by atoms with Crippen molar-refractivity contribution in [3.8, 4) is 0 Å². The second-order valence-corrected chi connectivity index (χ2v) is 6.52. The van der Waals surface area contributed by atoms with E-state index in [1.807, 2.05) is 0 Å². The van der Waals surface area contributed by atoms with Gasteiger partial charge in [-0.05, 0) is 26.0 Å². The molecular formula is C13H19FN2O4S. The highest BCUT2D eigenvalue weighted by Crippen LogP contribution is 2.24. The Kier molecular flexibility index (Phi) is 5.68. The number of halogens is 1. The molecule has 1 rings (SSSR count). The minimum absolute atomic E-state index is 0.00724. The van der Waals surface area contributed by atoms with Gasteiger partial charge in [-0.1, -0.05) is 0 Å². The van der Waals surface area contributed by atoms with Crippen LogP contribution in [-0.2, 0) is 19.6 Å². The van der Waals surface area contributed by atoms with Crippen molar-refractivity contribution in [2.45, 2.75) is 25.2 Å². The van der Waals surface area contributed by atoms with Gasteiger partial charge in [0.25, 0.3) is 0 Å². The van der Waals surface area contributed by atoms with Crippen LogP contribution in [0.4, 0.5) is 10.1 Å². The van der Waals surface area contributed by atoms with E-state index in [-0.39, 0.29) is 35.7 Å². The molecule has 2 N–H and O–H groups in total. The Labute approximate surface area is 123 Å².